The molecule has 0 bridgehead atoms. The second-order valence-electron chi connectivity index (χ2n) is 6.31. The molecular weight excluding hydrogens is 314 g/mol. The number of carbonyl (C=O) groups is 2. The van der Waals surface area contributed by atoms with E-state index < -0.39 is 5.91 Å². The first-order chi connectivity index (χ1) is 10.6. The van der Waals surface area contributed by atoms with Crippen molar-refractivity contribution >= 4 is 29.9 Å². The van der Waals surface area contributed by atoms with Gasteiger partial charge in [-0.3, -0.25) is 14.5 Å². The van der Waals surface area contributed by atoms with Crippen LogP contribution in [-0.2, 0) is 16.1 Å². The quantitative estimate of drug-likeness (QED) is 0.913. The number of carbonyl (C=O) groups excluding carboxylic acids is 2. The smallest absolute Gasteiger partial charge is 0.227 e. The molecule has 0 spiro atoms. The summed E-state index contributed by atoms with van der Waals surface area (Å²) in [5, 5.41) is 0. The Kier molecular flexibility index (Phi) is 6.02. The predicted molar refractivity (Wildman–Crippen MR) is 92.5 cm³/mol. The number of hydrogen-bond donors (Lipinski definition) is 1. The van der Waals surface area contributed by atoms with Crippen molar-refractivity contribution < 1.29 is 9.59 Å². The Morgan fingerprint density at radius 2 is 1.78 bits per heavy atom. The van der Waals surface area contributed by atoms with Crippen LogP contribution in [0.4, 0.5) is 5.69 Å². The normalized spacial score (nSPS) is 22.0. The highest BCUT2D eigenvalue weighted by Crippen LogP contribution is 2.25. The number of piperidine rings is 1. The van der Waals surface area contributed by atoms with Gasteiger partial charge in [0.1, 0.15) is 0 Å². The highest BCUT2D eigenvalue weighted by molar-refractivity contribution is 6.00. The standard InChI is InChI=1S/C17H23N3O2.ClH/c18-17(22)14-10-16(21)20(12-14)15-6-4-13(5-7-15)11-19-8-2-1-3-9-19;/h4-7,14H,1-3,8-12H2,(H2,18,22);1H. The first kappa shape index (κ1) is 17.8. The summed E-state index contributed by atoms with van der Waals surface area (Å²) in [6.45, 7) is 3.72. The van der Waals surface area contributed by atoms with Gasteiger partial charge < -0.3 is 10.6 Å². The second kappa shape index (κ2) is 7.79. The van der Waals surface area contributed by atoms with Crippen LogP contribution in [0.3, 0.4) is 0 Å². The molecule has 2 fully saturated rings. The maximum atomic E-state index is 12.0. The van der Waals surface area contributed by atoms with Crippen molar-refractivity contribution in [2.75, 3.05) is 24.5 Å². The summed E-state index contributed by atoms with van der Waals surface area (Å²) in [5.74, 6) is -0.773. The number of primary amides is 1. The molecule has 5 nitrogen and oxygen atoms in total. The molecule has 0 radical (unpaired) electrons. The van der Waals surface area contributed by atoms with E-state index in [-0.39, 0.29) is 30.7 Å². The predicted octanol–water partition coefficient (Wildman–Crippen LogP) is 1.93. The summed E-state index contributed by atoms with van der Waals surface area (Å²) in [6, 6.07) is 8.10. The minimum Gasteiger partial charge on any atom is -0.369 e. The molecule has 2 saturated heterocycles. The Hall–Kier alpha value is -1.59. The summed E-state index contributed by atoms with van der Waals surface area (Å²) in [7, 11) is 0. The zero-order chi connectivity index (χ0) is 15.5. The second-order valence-corrected chi connectivity index (χ2v) is 6.31. The van der Waals surface area contributed by atoms with Gasteiger partial charge >= 0.3 is 0 Å². The van der Waals surface area contributed by atoms with E-state index in [0.717, 1.165) is 12.2 Å². The molecule has 1 aromatic rings. The number of anilines is 1. The summed E-state index contributed by atoms with van der Waals surface area (Å²) in [4.78, 5) is 27.4. The van der Waals surface area contributed by atoms with Gasteiger partial charge in [0.25, 0.3) is 0 Å². The number of nitrogens with two attached hydrogens (primary N) is 1. The third-order valence-corrected chi connectivity index (χ3v) is 4.63. The molecule has 3 rings (SSSR count). The molecular formula is C17H24ClN3O2. The fourth-order valence-electron chi connectivity index (χ4n) is 3.30. The van der Waals surface area contributed by atoms with Gasteiger partial charge in [0, 0.05) is 25.2 Å². The van der Waals surface area contributed by atoms with Crippen LogP contribution >= 0.6 is 12.4 Å². The Balaban J connectivity index is 0.00000192. The minimum atomic E-state index is -0.391. The molecule has 6 heteroatoms. The lowest BCUT2D eigenvalue weighted by Crippen LogP contribution is -2.29. The lowest BCUT2D eigenvalue weighted by molar-refractivity contribution is -0.123. The van der Waals surface area contributed by atoms with Crippen molar-refractivity contribution in [3.63, 3.8) is 0 Å². The largest absolute Gasteiger partial charge is 0.369 e. The van der Waals surface area contributed by atoms with Crippen molar-refractivity contribution in [1.29, 1.82) is 0 Å². The molecule has 1 aromatic carbocycles. The first-order valence-corrected chi connectivity index (χ1v) is 8.04. The van der Waals surface area contributed by atoms with Crippen molar-refractivity contribution in [1.82, 2.24) is 4.90 Å². The third-order valence-electron chi connectivity index (χ3n) is 4.63. The van der Waals surface area contributed by atoms with Crippen LogP contribution in [0.5, 0.6) is 0 Å². The molecule has 23 heavy (non-hydrogen) atoms. The van der Waals surface area contributed by atoms with Crippen molar-refractivity contribution in [2.24, 2.45) is 11.7 Å². The molecule has 2 heterocycles. The highest BCUT2D eigenvalue weighted by atomic mass is 35.5. The number of amides is 2. The van der Waals surface area contributed by atoms with Crippen molar-refractivity contribution in [3.8, 4) is 0 Å². The van der Waals surface area contributed by atoms with Crippen LogP contribution in [0.25, 0.3) is 0 Å². The van der Waals surface area contributed by atoms with E-state index in [1.165, 1.54) is 37.9 Å². The molecule has 2 aliphatic heterocycles. The van der Waals surface area contributed by atoms with Crippen LogP contribution in [0.1, 0.15) is 31.2 Å². The van der Waals surface area contributed by atoms with Crippen molar-refractivity contribution in [2.45, 2.75) is 32.2 Å². The molecule has 0 aliphatic carbocycles. The Labute approximate surface area is 143 Å². The molecule has 2 amide bonds. The number of nitrogens with zero attached hydrogens (tertiary/aromatic N) is 2. The maximum Gasteiger partial charge on any atom is 0.227 e. The van der Waals surface area contributed by atoms with Gasteiger partial charge in [0.15, 0.2) is 0 Å². The van der Waals surface area contributed by atoms with Gasteiger partial charge in [-0.05, 0) is 43.6 Å². The minimum absolute atomic E-state index is 0. The van der Waals surface area contributed by atoms with Gasteiger partial charge in [0.2, 0.25) is 11.8 Å². The Morgan fingerprint density at radius 3 is 2.35 bits per heavy atom. The Bertz CT molecular complexity index is 555. The van der Waals surface area contributed by atoms with Crippen LogP contribution < -0.4 is 10.6 Å². The first-order valence-electron chi connectivity index (χ1n) is 8.04. The number of halogens is 1. The van der Waals surface area contributed by atoms with Crippen LogP contribution in [0, 0.1) is 5.92 Å². The molecule has 0 saturated carbocycles. The molecule has 2 N–H and O–H groups in total. The number of benzene rings is 1. The van der Waals surface area contributed by atoms with Crippen LogP contribution in [0.15, 0.2) is 24.3 Å². The summed E-state index contributed by atoms with van der Waals surface area (Å²) >= 11 is 0. The summed E-state index contributed by atoms with van der Waals surface area (Å²) < 4.78 is 0. The lowest BCUT2D eigenvalue weighted by Gasteiger charge is -2.26. The average Bonchev–Trinajstić information content (AvgIpc) is 2.91. The Morgan fingerprint density at radius 1 is 1.13 bits per heavy atom. The van der Waals surface area contributed by atoms with Gasteiger partial charge in [0.05, 0.1) is 5.92 Å². The van der Waals surface area contributed by atoms with E-state index in [1.807, 2.05) is 12.1 Å². The average molecular weight is 338 g/mol. The van der Waals surface area contributed by atoms with Gasteiger partial charge in [-0.1, -0.05) is 18.6 Å². The maximum absolute atomic E-state index is 12.0. The monoisotopic (exact) mass is 337 g/mol. The third kappa shape index (κ3) is 4.24. The molecule has 1 atom stereocenters. The molecule has 2 aliphatic rings. The van der Waals surface area contributed by atoms with Crippen molar-refractivity contribution in [3.05, 3.63) is 29.8 Å². The zero-order valence-electron chi connectivity index (χ0n) is 13.2. The lowest BCUT2D eigenvalue weighted by atomic mass is 10.1. The highest BCUT2D eigenvalue weighted by Gasteiger charge is 2.33. The van der Waals surface area contributed by atoms with E-state index in [0.29, 0.717) is 6.54 Å². The molecule has 126 valence electrons. The fraction of sp³-hybridized carbons (Fsp3) is 0.529. The number of rotatable bonds is 4. The van der Waals surface area contributed by atoms with E-state index in [2.05, 4.69) is 17.0 Å². The van der Waals surface area contributed by atoms with E-state index in [9.17, 15) is 9.59 Å². The topological polar surface area (TPSA) is 66.6 Å². The van der Waals surface area contributed by atoms with E-state index >= 15 is 0 Å². The fourth-order valence-corrected chi connectivity index (χ4v) is 3.30. The molecule has 0 aromatic heterocycles. The van der Waals surface area contributed by atoms with E-state index in [1.54, 1.807) is 4.90 Å². The van der Waals surface area contributed by atoms with Crippen LogP contribution in [0.2, 0.25) is 0 Å². The van der Waals surface area contributed by atoms with Crippen LogP contribution in [-0.4, -0.2) is 36.3 Å². The zero-order valence-corrected chi connectivity index (χ0v) is 14.1. The summed E-state index contributed by atoms with van der Waals surface area (Å²) in [6.07, 6.45) is 4.14. The van der Waals surface area contributed by atoms with Gasteiger partial charge in [-0.15, -0.1) is 12.4 Å². The number of likely N-dealkylation sites (tertiary alicyclic amines) is 1. The summed E-state index contributed by atoms with van der Waals surface area (Å²) in [5.41, 5.74) is 7.43. The van der Waals surface area contributed by atoms with E-state index in [4.69, 9.17) is 5.73 Å². The molecule has 1 unspecified atom stereocenters. The SMILES string of the molecule is Cl.NC(=O)C1CC(=O)N(c2ccc(CN3CCCCC3)cc2)C1. The van der Waals surface area contributed by atoms with Gasteiger partial charge in [-0.2, -0.15) is 0 Å². The number of hydrogen-bond acceptors (Lipinski definition) is 3. The van der Waals surface area contributed by atoms with Gasteiger partial charge in [-0.25, -0.2) is 0 Å².